The molecule has 1 aliphatic carbocycles. The first-order valence-corrected chi connectivity index (χ1v) is 13.2. The van der Waals surface area contributed by atoms with Crippen molar-refractivity contribution in [1.29, 1.82) is 0 Å². The lowest BCUT2D eigenvalue weighted by atomic mass is 9.77. The first-order valence-electron chi connectivity index (χ1n) is 11.6. The van der Waals surface area contributed by atoms with Crippen LogP contribution in [0.5, 0.6) is 0 Å². The maximum Gasteiger partial charge on any atom is 0.265 e. The second-order valence-electron chi connectivity index (χ2n) is 9.10. The zero-order valence-electron chi connectivity index (χ0n) is 19.8. The smallest absolute Gasteiger partial charge is 0.265 e. The summed E-state index contributed by atoms with van der Waals surface area (Å²) in [7, 11) is 3.51. The predicted molar refractivity (Wildman–Crippen MR) is 146 cm³/mol. The molecule has 5 nitrogen and oxygen atoms in total. The molecule has 0 saturated heterocycles. The first kappa shape index (κ1) is 24.0. The number of halogens is 2. The fraction of sp³-hybridized carbons (Fsp3) is 0.296. The molecule has 1 fully saturated rings. The van der Waals surface area contributed by atoms with Crippen LogP contribution in [0.25, 0.3) is 6.08 Å². The molecule has 1 saturated carbocycles. The molecule has 0 N–H and O–H groups in total. The Morgan fingerprint density at radius 3 is 2.54 bits per heavy atom. The number of hydrogen-bond donors (Lipinski definition) is 0. The molecule has 8 heteroatoms. The molecule has 1 amide bonds. The van der Waals surface area contributed by atoms with Gasteiger partial charge in [0.1, 0.15) is 4.88 Å². The molecule has 2 atom stereocenters. The van der Waals surface area contributed by atoms with Crippen molar-refractivity contribution in [3.63, 3.8) is 0 Å². The number of hydrazone groups is 1. The molecule has 1 aliphatic heterocycles. The van der Waals surface area contributed by atoms with Gasteiger partial charge in [0.25, 0.3) is 5.91 Å². The Morgan fingerprint density at radius 2 is 1.83 bits per heavy atom. The van der Waals surface area contributed by atoms with Crippen molar-refractivity contribution in [2.45, 2.75) is 32.2 Å². The third kappa shape index (κ3) is 4.51. The van der Waals surface area contributed by atoms with E-state index < -0.39 is 0 Å². The Hall–Kier alpha value is -2.67. The van der Waals surface area contributed by atoms with Crippen molar-refractivity contribution in [1.82, 2.24) is 9.88 Å². The summed E-state index contributed by atoms with van der Waals surface area (Å²) in [5.74, 6) is 0.110. The number of thiazole rings is 1. The number of amides is 1. The van der Waals surface area contributed by atoms with Crippen LogP contribution in [0.1, 0.15) is 51.8 Å². The van der Waals surface area contributed by atoms with Gasteiger partial charge in [-0.1, -0.05) is 70.9 Å². The predicted octanol–water partition coefficient (Wildman–Crippen LogP) is 7.26. The van der Waals surface area contributed by atoms with Gasteiger partial charge in [0.2, 0.25) is 5.13 Å². The van der Waals surface area contributed by atoms with Gasteiger partial charge in [-0.05, 0) is 61.1 Å². The van der Waals surface area contributed by atoms with E-state index >= 15 is 0 Å². The topological polar surface area (TPSA) is 48.8 Å². The lowest BCUT2D eigenvalue weighted by Crippen LogP contribution is -2.28. The van der Waals surface area contributed by atoms with Crippen molar-refractivity contribution < 1.29 is 4.79 Å². The van der Waals surface area contributed by atoms with Crippen LogP contribution in [-0.4, -0.2) is 35.6 Å². The average Bonchev–Trinajstić information content (AvgIpc) is 3.41. The molecule has 2 aromatic carbocycles. The highest BCUT2D eigenvalue weighted by Gasteiger charge is 2.44. The highest BCUT2D eigenvalue weighted by atomic mass is 35.5. The fourth-order valence-corrected chi connectivity index (χ4v) is 6.36. The number of rotatable bonds is 4. The number of aromatic nitrogens is 1. The molecule has 0 unspecified atom stereocenters. The second-order valence-corrected chi connectivity index (χ2v) is 10.9. The highest BCUT2D eigenvalue weighted by Crippen LogP contribution is 2.48. The molecule has 0 spiro atoms. The van der Waals surface area contributed by atoms with Gasteiger partial charge < -0.3 is 4.90 Å². The van der Waals surface area contributed by atoms with Crippen LogP contribution < -0.4 is 5.01 Å². The minimum Gasteiger partial charge on any atom is -0.344 e. The van der Waals surface area contributed by atoms with Gasteiger partial charge in [-0.25, -0.2) is 9.99 Å². The Bertz CT molecular complexity index is 1350. The van der Waals surface area contributed by atoms with Crippen molar-refractivity contribution in [3.8, 4) is 0 Å². The number of nitrogens with zero attached hydrogens (tertiary/aromatic N) is 4. The largest absolute Gasteiger partial charge is 0.344 e. The number of anilines is 1. The number of carbonyl (C=O) groups excluding carboxylic acids is 1. The average molecular weight is 526 g/mol. The summed E-state index contributed by atoms with van der Waals surface area (Å²) in [5, 5.41) is 9.27. The van der Waals surface area contributed by atoms with Gasteiger partial charge in [0.05, 0.1) is 17.4 Å². The van der Waals surface area contributed by atoms with Crippen molar-refractivity contribution in [3.05, 3.63) is 85.8 Å². The van der Waals surface area contributed by atoms with Crippen LogP contribution in [0.4, 0.5) is 5.13 Å². The molecule has 2 heterocycles. The van der Waals surface area contributed by atoms with Crippen LogP contribution >= 0.6 is 34.5 Å². The summed E-state index contributed by atoms with van der Waals surface area (Å²) in [6.45, 7) is 1.88. The molecule has 1 aromatic heterocycles. The molecule has 0 radical (unpaired) electrons. The first-order chi connectivity index (χ1) is 16.8. The third-order valence-electron chi connectivity index (χ3n) is 6.54. The van der Waals surface area contributed by atoms with Gasteiger partial charge in [0, 0.05) is 30.1 Å². The van der Waals surface area contributed by atoms with Gasteiger partial charge in [0.15, 0.2) is 0 Å². The van der Waals surface area contributed by atoms with Crippen LogP contribution in [-0.2, 0) is 0 Å². The van der Waals surface area contributed by atoms with E-state index in [1.54, 1.807) is 19.0 Å². The van der Waals surface area contributed by atoms with E-state index in [1.807, 2.05) is 54.4 Å². The molecule has 0 bridgehead atoms. The van der Waals surface area contributed by atoms with Crippen molar-refractivity contribution in [2.75, 3.05) is 19.1 Å². The zero-order valence-corrected chi connectivity index (χ0v) is 22.2. The minimum absolute atomic E-state index is 0.0517. The number of aryl methyl sites for hydroxylation is 1. The molecular weight excluding hydrogens is 499 g/mol. The second kappa shape index (κ2) is 9.76. The van der Waals surface area contributed by atoms with E-state index in [9.17, 15) is 4.79 Å². The summed E-state index contributed by atoms with van der Waals surface area (Å²) < 4.78 is 0. The third-order valence-corrected chi connectivity index (χ3v) is 8.37. The van der Waals surface area contributed by atoms with Crippen LogP contribution in [0, 0.1) is 12.8 Å². The van der Waals surface area contributed by atoms with Gasteiger partial charge in [-0.15, -0.1) is 0 Å². The summed E-state index contributed by atoms with van der Waals surface area (Å²) in [6, 6.07) is 15.7. The Balaban J connectivity index is 1.63. The maximum absolute atomic E-state index is 12.7. The van der Waals surface area contributed by atoms with Crippen LogP contribution in [0.15, 0.2) is 59.2 Å². The molecular formula is C27H26Cl2N4OS. The molecule has 5 rings (SSSR count). The van der Waals surface area contributed by atoms with E-state index in [-0.39, 0.29) is 17.9 Å². The van der Waals surface area contributed by atoms with Crippen molar-refractivity contribution >= 4 is 57.4 Å². The Kier molecular flexibility index (Phi) is 6.71. The van der Waals surface area contributed by atoms with Gasteiger partial charge in [-0.2, -0.15) is 5.10 Å². The number of hydrogen-bond acceptors (Lipinski definition) is 5. The van der Waals surface area contributed by atoms with E-state index in [4.69, 9.17) is 33.3 Å². The molecule has 2 aliphatic rings. The maximum atomic E-state index is 12.7. The quantitative estimate of drug-likeness (QED) is 0.360. The molecule has 35 heavy (non-hydrogen) atoms. The SMILES string of the molecule is Cc1nc(N2N=C3/C(=C\c4ccccc4Cl)CCC[C@@H]3[C@H]2c2ccccc2Cl)sc1C(=O)N(C)C. The Labute approximate surface area is 219 Å². The van der Waals surface area contributed by atoms with E-state index in [0.717, 1.165) is 41.1 Å². The highest BCUT2D eigenvalue weighted by molar-refractivity contribution is 7.17. The summed E-state index contributed by atoms with van der Waals surface area (Å²) in [4.78, 5) is 19.7. The van der Waals surface area contributed by atoms with Gasteiger partial charge >= 0.3 is 0 Å². The van der Waals surface area contributed by atoms with Gasteiger partial charge in [-0.3, -0.25) is 4.79 Å². The molecule has 180 valence electrons. The lowest BCUT2D eigenvalue weighted by Gasteiger charge is -2.30. The standard InChI is InChI=1S/C27H26Cl2N4OS/c1-16-25(26(34)32(2)3)35-27(30-16)33-24(19-11-5-7-14-22(19)29)20-12-8-10-18(23(20)31-33)15-17-9-4-6-13-21(17)28/h4-7,9,11,13-15,20,24H,8,10,12H2,1-3H3/b18-15-/t20-,24+/m0/s1. The summed E-state index contributed by atoms with van der Waals surface area (Å²) in [6.07, 6.45) is 5.15. The summed E-state index contributed by atoms with van der Waals surface area (Å²) in [5.41, 5.74) is 4.96. The van der Waals surface area contributed by atoms with Crippen LogP contribution in [0.2, 0.25) is 10.0 Å². The Morgan fingerprint density at radius 1 is 1.11 bits per heavy atom. The normalized spacial score (nSPS) is 20.7. The number of fused-ring (bicyclic) bond motifs is 1. The van der Waals surface area contributed by atoms with E-state index in [1.165, 1.54) is 16.9 Å². The number of allylic oxidation sites excluding steroid dienone is 1. The van der Waals surface area contributed by atoms with Crippen LogP contribution in [0.3, 0.4) is 0 Å². The monoisotopic (exact) mass is 524 g/mol. The zero-order chi connectivity index (χ0) is 24.7. The summed E-state index contributed by atoms with van der Waals surface area (Å²) >= 11 is 14.6. The van der Waals surface area contributed by atoms with E-state index in [2.05, 4.69) is 12.1 Å². The minimum atomic E-state index is -0.0958. The lowest BCUT2D eigenvalue weighted by molar-refractivity contribution is 0.0831. The van der Waals surface area contributed by atoms with Crippen molar-refractivity contribution in [2.24, 2.45) is 11.0 Å². The fourth-order valence-electron chi connectivity index (χ4n) is 4.84. The number of benzene rings is 2. The number of carbonyl (C=O) groups is 1. The molecule has 3 aromatic rings. The van der Waals surface area contributed by atoms with E-state index in [0.29, 0.717) is 20.7 Å².